The summed E-state index contributed by atoms with van der Waals surface area (Å²) in [5.41, 5.74) is 3.83. The first-order valence-corrected chi connectivity index (χ1v) is 10.0. The molecule has 1 aliphatic carbocycles. The van der Waals surface area contributed by atoms with Crippen molar-refractivity contribution in [2.75, 3.05) is 0 Å². The lowest BCUT2D eigenvalue weighted by Gasteiger charge is -2.19. The summed E-state index contributed by atoms with van der Waals surface area (Å²) in [4.78, 5) is 0. The van der Waals surface area contributed by atoms with Gasteiger partial charge in [-0.2, -0.15) is 0 Å². The van der Waals surface area contributed by atoms with Crippen LogP contribution in [0.1, 0.15) is 50.5 Å². The van der Waals surface area contributed by atoms with Gasteiger partial charge in [0.25, 0.3) is 0 Å². The van der Waals surface area contributed by atoms with Crippen LogP contribution in [0.3, 0.4) is 0 Å². The molecule has 1 saturated carbocycles. The van der Waals surface area contributed by atoms with Crippen molar-refractivity contribution in [1.29, 1.82) is 0 Å². The molecule has 1 heterocycles. The second-order valence-corrected chi connectivity index (χ2v) is 7.45. The highest BCUT2D eigenvalue weighted by atomic mass is 35.5. The fourth-order valence-electron chi connectivity index (χ4n) is 4.02. The molecule has 4 rings (SSSR count). The van der Waals surface area contributed by atoms with E-state index in [-0.39, 0.29) is 12.4 Å². The molecule has 2 aromatic carbocycles. The van der Waals surface area contributed by atoms with Gasteiger partial charge in [-0.3, -0.25) is 0 Å². The molecule has 0 spiro atoms. The molecular formula is C23H29ClN2O. The van der Waals surface area contributed by atoms with E-state index >= 15 is 0 Å². The number of aromatic nitrogens is 2. The van der Waals surface area contributed by atoms with Crippen LogP contribution in [0.15, 0.2) is 60.9 Å². The van der Waals surface area contributed by atoms with Gasteiger partial charge < -0.3 is 17.1 Å². The molecule has 4 heteroatoms. The zero-order chi connectivity index (χ0) is 17.6. The molecule has 0 saturated heterocycles. The molecule has 1 aromatic heterocycles. The number of rotatable bonds is 5. The summed E-state index contributed by atoms with van der Waals surface area (Å²) in [5, 5.41) is 0. The maximum absolute atomic E-state index is 6.33. The standard InChI is InChI=1S/C23H29N2O.ClH/c1-2-7-13-21(14-8-3-1)26-19-25-18-24(17-20-11-5-4-6-12-20)22-15-9-10-16-23(22)25;/h4-6,9-12,15-16,18,21H,1-3,7-8,13-14,17,19H2;1H/q+1;/p-1. The molecule has 0 bridgehead atoms. The van der Waals surface area contributed by atoms with Crippen molar-refractivity contribution in [1.82, 2.24) is 4.57 Å². The molecule has 3 nitrogen and oxygen atoms in total. The van der Waals surface area contributed by atoms with Crippen LogP contribution in [0.5, 0.6) is 0 Å². The zero-order valence-electron chi connectivity index (χ0n) is 15.9. The van der Waals surface area contributed by atoms with E-state index in [2.05, 4.69) is 70.1 Å². The second kappa shape index (κ2) is 9.91. The lowest BCUT2D eigenvalue weighted by molar-refractivity contribution is -0.663. The topological polar surface area (TPSA) is 18.0 Å². The van der Waals surface area contributed by atoms with Crippen molar-refractivity contribution < 1.29 is 21.7 Å². The van der Waals surface area contributed by atoms with Gasteiger partial charge in [0.1, 0.15) is 6.54 Å². The summed E-state index contributed by atoms with van der Waals surface area (Å²) in [6, 6.07) is 19.3. The predicted octanol–water partition coefficient (Wildman–Crippen LogP) is 2.07. The molecule has 0 radical (unpaired) electrons. The summed E-state index contributed by atoms with van der Waals surface area (Å²) in [5.74, 6) is 0. The van der Waals surface area contributed by atoms with E-state index < -0.39 is 0 Å². The maximum atomic E-state index is 6.33. The number of hydrogen-bond donors (Lipinski definition) is 0. The largest absolute Gasteiger partial charge is 1.00 e. The van der Waals surface area contributed by atoms with E-state index in [0.29, 0.717) is 12.8 Å². The summed E-state index contributed by atoms with van der Waals surface area (Å²) in [7, 11) is 0. The van der Waals surface area contributed by atoms with Gasteiger partial charge in [-0.05, 0) is 30.5 Å². The number of hydrogen-bond acceptors (Lipinski definition) is 1. The van der Waals surface area contributed by atoms with Crippen molar-refractivity contribution >= 4 is 11.0 Å². The Labute approximate surface area is 168 Å². The van der Waals surface area contributed by atoms with Gasteiger partial charge in [0.05, 0.1) is 6.10 Å². The van der Waals surface area contributed by atoms with Gasteiger partial charge >= 0.3 is 0 Å². The first kappa shape index (κ1) is 19.9. The molecule has 144 valence electrons. The Bertz CT molecular complexity index is 823. The van der Waals surface area contributed by atoms with Crippen LogP contribution in [-0.2, 0) is 18.0 Å². The summed E-state index contributed by atoms with van der Waals surface area (Å²) in [6.45, 7) is 1.53. The van der Waals surface area contributed by atoms with Gasteiger partial charge in [0.2, 0.25) is 6.33 Å². The van der Waals surface area contributed by atoms with Crippen LogP contribution in [-0.4, -0.2) is 10.7 Å². The fraction of sp³-hybridized carbons (Fsp3) is 0.435. The van der Waals surface area contributed by atoms with Gasteiger partial charge in [-0.25, -0.2) is 9.13 Å². The molecule has 27 heavy (non-hydrogen) atoms. The van der Waals surface area contributed by atoms with Crippen molar-refractivity contribution in [2.24, 2.45) is 0 Å². The molecule has 0 aliphatic heterocycles. The molecule has 0 amide bonds. The van der Waals surface area contributed by atoms with Crippen LogP contribution >= 0.6 is 0 Å². The predicted molar refractivity (Wildman–Crippen MR) is 105 cm³/mol. The van der Waals surface area contributed by atoms with Crippen LogP contribution in [0.2, 0.25) is 0 Å². The first-order valence-electron chi connectivity index (χ1n) is 10.0. The molecule has 1 fully saturated rings. The minimum Gasteiger partial charge on any atom is -1.00 e. The average Bonchev–Trinajstić information content (AvgIpc) is 3.00. The van der Waals surface area contributed by atoms with Gasteiger partial charge in [-0.15, -0.1) is 0 Å². The van der Waals surface area contributed by atoms with Crippen molar-refractivity contribution in [3.8, 4) is 0 Å². The highest BCUT2D eigenvalue weighted by Crippen LogP contribution is 2.20. The zero-order valence-corrected chi connectivity index (χ0v) is 16.7. The van der Waals surface area contributed by atoms with E-state index in [1.807, 2.05) is 0 Å². The SMILES string of the molecule is [Cl-].c1ccc(C[n+]2cn(COC3CCCCCCC3)c3ccccc32)cc1. The lowest BCUT2D eigenvalue weighted by atomic mass is 9.99. The third kappa shape index (κ3) is 5.12. The third-order valence-corrected chi connectivity index (χ3v) is 5.48. The Morgan fingerprint density at radius 1 is 0.852 bits per heavy atom. The fourth-order valence-corrected chi connectivity index (χ4v) is 4.02. The number of halogens is 1. The molecule has 0 N–H and O–H groups in total. The van der Waals surface area contributed by atoms with Crippen LogP contribution in [0.4, 0.5) is 0 Å². The molecule has 3 aromatic rings. The minimum atomic E-state index is 0. The first-order chi connectivity index (χ1) is 12.9. The quantitative estimate of drug-likeness (QED) is 0.616. The number of benzene rings is 2. The van der Waals surface area contributed by atoms with E-state index in [0.717, 1.165) is 6.54 Å². The maximum Gasteiger partial charge on any atom is 0.246 e. The Hall–Kier alpha value is -1.84. The average molecular weight is 385 g/mol. The molecule has 1 aliphatic rings. The highest BCUT2D eigenvalue weighted by molar-refractivity contribution is 5.71. The number of nitrogens with zero attached hydrogens (tertiary/aromatic N) is 2. The monoisotopic (exact) mass is 384 g/mol. The number of imidazole rings is 1. The number of ether oxygens (including phenoxy) is 1. The normalized spacial score (nSPS) is 15.9. The lowest BCUT2D eigenvalue weighted by Crippen LogP contribution is -3.00. The van der Waals surface area contributed by atoms with Crippen LogP contribution in [0, 0.1) is 0 Å². The highest BCUT2D eigenvalue weighted by Gasteiger charge is 2.18. The van der Waals surface area contributed by atoms with Crippen molar-refractivity contribution in [2.45, 2.75) is 64.3 Å². The van der Waals surface area contributed by atoms with E-state index in [9.17, 15) is 0 Å². The third-order valence-electron chi connectivity index (χ3n) is 5.48. The second-order valence-electron chi connectivity index (χ2n) is 7.45. The molecule has 0 atom stereocenters. The number of fused-ring (bicyclic) bond motifs is 1. The smallest absolute Gasteiger partial charge is 0.246 e. The summed E-state index contributed by atoms with van der Waals surface area (Å²) in [6.07, 6.45) is 11.8. The van der Waals surface area contributed by atoms with E-state index in [4.69, 9.17) is 4.74 Å². The van der Waals surface area contributed by atoms with E-state index in [1.165, 1.54) is 61.5 Å². The van der Waals surface area contributed by atoms with Crippen molar-refractivity contribution in [3.63, 3.8) is 0 Å². The Balaban J connectivity index is 0.00000210. The van der Waals surface area contributed by atoms with Gasteiger partial charge in [0.15, 0.2) is 17.8 Å². The summed E-state index contributed by atoms with van der Waals surface area (Å²) >= 11 is 0. The van der Waals surface area contributed by atoms with Gasteiger partial charge in [-0.1, -0.05) is 74.6 Å². The Morgan fingerprint density at radius 3 is 2.30 bits per heavy atom. The van der Waals surface area contributed by atoms with E-state index in [1.54, 1.807) is 0 Å². The minimum absolute atomic E-state index is 0. The van der Waals surface area contributed by atoms with Gasteiger partial charge in [0, 0.05) is 0 Å². The summed E-state index contributed by atoms with van der Waals surface area (Å²) < 4.78 is 10.9. The van der Waals surface area contributed by atoms with Crippen molar-refractivity contribution in [3.05, 3.63) is 66.5 Å². The Kier molecular flexibility index (Phi) is 7.31. The molecular weight excluding hydrogens is 356 g/mol. The van der Waals surface area contributed by atoms with Crippen LogP contribution in [0.25, 0.3) is 11.0 Å². The molecule has 0 unspecified atom stereocenters. The van der Waals surface area contributed by atoms with Crippen LogP contribution < -0.4 is 17.0 Å². The Morgan fingerprint density at radius 2 is 1.52 bits per heavy atom. The number of para-hydroxylation sites is 2.